The standard InChI is InChI=1S/C66H128O17P2/c1-5-9-13-17-21-24-25-26-27-28-29-30-31-32-33-34-37-41-45-49-53-66(71)83-62(57-77-64(69)51-47-43-39-35-22-18-14-10-6-2)59-81-85(74,75)79-55-60(67)54-78-84(72,73)80-58-61(56-76-63(68)50-46-42-38-20-16-12-8-4)82-65(70)52-48-44-40-36-23-19-15-11-7-3/h60-62,67H,5-59H2,1-4H3,(H,72,73)(H,74,75)/t60-,61+,62+/m0/s1. The number of phosphoric acid groups is 2. The van der Waals surface area contributed by atoms with E-state index in [9.17, 15) is 43.2 Å². The maximum Gasteiger partial charge on any atom is 0.472 e. The van der Waals surface area contributed by atoms with Crippen LogP contribution in [0.3, 0.4) is 0 Å². The van der Waals surface area contributed by atoms with Gasteiger partial charge in [0.25, 0.3) is 0 Å². The topological polar surface area (TPSA) is 237 Å². The number of esters is 4. The predicted octanol–water partition coefficient (Wildman–Crippen LogP) is 18.7. The highest BCUT2D eigenvalue weighted by molar-refractivity contribution is 7.47. The van der Waals surface area contributed by atoms with Crippen LogP contribution in [0.5, 0.6) is 0 Å². The fourth-order valence-corrected chi connectivity index (χ4v) is 11.6. The second-order valence-corrected chi connectivity index (χ2v) is 26.8. The zero-order valence-electron chi connectivity index (χ0n) is 54.6. The second-order valence-electron chi connectivity index (χ2n) is 23.9. The summed E-state index contributed by atoms with van der Waals surface area (Å²) in [6.07, 6.45) is 47.5. The summed E-state index contributed by atoms with van der Waals surface area (Å²) in [5.74, 6) is -2.14. The molecule has 0 rings (SSSR count). The van der Waals surface area contributed by atoms with Crippen LogP contribution in [-0.2, 0) is 65.4 Å². The van der Waals surface area contributed by atoms with E-state index in [-0.39, 0.29) is 25.7 Å². The highest BCUT2D eigenvalue weighted by Gasteiger charge is 2.30. The third kappa shape index (κ3) is 60.7. The van der Waals surface area contributed by atoms with Crippen molar-refractivity contribution in [3.05, 3.63) is 0 Å². The minimum Gasteiger partial charge on any atom is -0.462 e. The van der Waals surface area contributed by atoms with E-state index in [0.29, 0.717) is 25.7 Å². The van der Waals surface area contributed by atoms with Gasteiger partial charge in [-0.1, -0.05) is 291 Å². The number of carbonyl (C=O) groups excluding carboxylic acids is 4. The lowest BCUT2D eigenvalue weighted by atomic mass is 10.0. The molecule has 19 heteroatoms. The molecule has 0 aromatic heterocycles. The van der Waals surface area contributed by atoms with Crippen LogP contribution in [0.15, 0.2) is 0 Å². The first-order valence-electron chi connectivity index (χ1n) is 34.8. The first-order chi connectivity index (χ1) is 41.2. The Morgan fingerprint density at radius 3 is 0.694 bits per heavy atom. The summed E-state index contributed by atoms with van der Waals surface area (Å²) in [5.41, 5.74) is 0. The predicted molar refractivity (Wildman–Crippen MR) is 340 cm³/mol. The molecule has 2 unspecified atom stereocenters. The lowest BCUT2D eigenvalue weighted by Crippen LogP contribution is -2.30. The molecule has 0 saturated carbocycles. The van der Waals surface area contributed by atoms with Crippen molar-refractivity contribution in [2.75, 3.05) is 39.6 Å². The summed E-state index contributed by atoms with van der Waals surface area (Å²) in [6, 6.07) is 0. The van der Waals surface area contributed by atoms with Crippen LogP contribution in [0.4, 0.5) is 0 Å². The van der Waals surface area contributed by atoms with Crippen molar-refractivity contribution in [2.24, 2.45) is 0 Å². The second kappa shape index (κ2) is 60.9. The van der Waals surface area contributed by atoms with Gasteiger partial charge in [-0.15, -0.1) is 0 Å². The molecular weight excluding hydrogens is 1130 g/mol. The van der Waals surface area contributed by atoms with Gasteiger partial charge in [0.2, 0.25) is 0 Å². The molecule has 0 aliphatic heterocycles. The van der Waals surface area contributed by atoms with Crippen LogP contribution in [0.25, 0.3) is 0 Å². The molecule has 504 valence electrons. The number of hydrogen-bond donors (Lipinski definition) is 3. The highest BCUT2D eigenvalue weighted by atomic mass is 31.2. The summed E-state index contributed by atoms with van der Waals surface area (Å²) in [7, 11) is -9.88. The normalized spacial score (nSPS) is 14.1. The largest absolute Gasteiger partial charge is 0.472 e. The lowest BCUT2D eigenvalue weighted by molar-refractivity contribution is -0.161. The number of aliphatic hydroxyl groups excluding tert-OH is 1. The minimum atomic E-state index is -4.94. The number of carbonyl (C=O) groups is 4. The molecule has 0 bridgehead atoms. The lowest BCUT2D eigenvalue weighted by Gasteiger charge is -2.21. The minimum absolute atomic E-state index is 0.106. The molecule has 0 amide bonds. The first kappa shape index (κ1) is 83.1. The molecule has 0 aliphatic rings. The van der Waals surface area contributed by atoms with Gasteiger partial charge in [0, 0.05) is 25.7 Å². The average molecular weight is 1260 g/mol. The van der Waals surface area contributed by atoms with Gasteiger partial charge >= 0.3 is 39.5 Å². The molecule has 0 aromatic rings. The Balaban J connectivity index is 5.10. The van der Waals surface area contributed by atoms with Crippen LogP contribution in [-0.4, -0.2) is 96.7 Å². The Hall–Kier alpha value is -1.94. The summed E-state index contributed by atoms with van der Waals surface area (Å²) in [6.45, 7) is 4.84. The van der Waals surface area contributed by atoms with Gasteiger partial charge in [0.05, 0.1) is 26.4 Å². The molecule has 0 aliphatic carbocycles. The van der Waals surface area contributed by atoms with Gasteiger partial charge in [0.1, 0.15) is 19.3 Å². The summed E-state index contributed by atoms with van der Waals surface area (Å²) >= 11 is 0. The summed E-state index contributed by atoms with van der Waals surface area (Å²) < 4.78 is 67.9. The van der Waals surface area contributed by atoms with Crippen molar-refractivity contribution < 1.29 is 80.2 Å². The van der Waals surface area contributed by atoms with Crippen molar-refractivity contribution >= 4 is 39.5 Å². The zero-order chi connectivity index (χ0) is 62.6. The zero-order valence-corrected chi connectivity index (χ0v) is 56.4. The molecule has 0 spiro atoms. The van der Waals surface area contributed by atoms with Gasteiger partial charge < -0.3 is 33.8 Å². The van der Waals surface area contributed by atoms with E-state index in [1.165, 1.54) is 161 Å². The van der Waals surface area contributed by atoms with Gasteiger partial charge in [0.15, 0.2) is 12.2 Å². The number of hydrogen-bond acceptors (Lipinski definition) is 15. The van der Waals surface area contributed by atoms with Crippen LogP contribution >= 0.6 is 15.6 Å². The van der Waals surface area contributed by atoms with Gasteiger partial charge in [-0.25, -0.2) is 9.13 Å². The number of phosphoric ester groups is 2. The quantitative estimate of drug-likeness (QED) is 0.0222. The molecule has 0 heterocycles. The molecule has 0 fully saturated rings. The summed E-state index contributed by atoms with van der Waals surface area (Å²) in [4.78, 5) is 72.1. The van der Waals surface area contributed by atoms with E-state index in [0.717, 1.165) is 103 Å². The average Bonchev–Trinajstić information content (AvgIpc) is 3.57. The maximum atomic E-state index is 13.0. The van der Waals surface area contributed by atoms with Crippen LogP contribution in [0, 0.1) is 0 Å². The number of rotatable bonds is 67. The molecule has 3 N–H and O–H groups in total. The van der Waals surface area contributed by atoms with Crippen LogP contribution in [0.1, 0.15) is 342 Å². The van der Waals surface area contributed by atoms with Crippen LogP contribution < -0.4 is 0 Å². The molecule has 0 saturated heterocycles. The van der Waals surface area contributed by atoms with E-state index >= 15 is 0 Å². The number of aliphatic hydroxyl groups is 1. The van der Waals surface area contributed by atoms with Gasteiger partial charge in [-0.05, 0) is 25.7 Å². The Morgan fingerprint density at radius 1 is 0.282 bits per heavy atom. The van der Waals surface area contributed by atoms with Crippen molar-refractivity contribution in [1.29, 1.82) is 0 Å². The van der Waals surface area contributed by atoms with Crippen molar-refractivity contribution in [2.45, 2.75) is 361 Å². The highest BCUT2D eigenvalue weighted by Crippen LogP contribution is 2.45. The molecule has 17 nitrogen and oxygen atoms in total. The third-order valence-corrected chi connectivity index (χ3v) is 17.3. The molecule has 5 atom stereocenters. The van der Waals surface area contributed by atoms with E-state index in [4.69, 9.17) is 37.0 Å². The fourth-order valence-electron chi connectivity index (χ4n) is 9.99. The maximum absolute atomic E-state index is 13.0. The van der Waals surface area contributed by atoms with E-state index < -0.39 is 97.5 Å². The van der Waals surface area contributed by atoms with Crippen LogP contribution in [0.2, 0.25) is 0 Å². The van der Waals surface area contributed by atoms with E-state index in [1.54, 1.807) is 0 Å². The molecule has 0 radical (unpaired) electrons. The Bertz CT molecular complexity index is 1640. The first-order valence-corrected chi connectivity index (χ1v) is 37.8. The van der Waals surface area contributed by atoms with E-state index in [2.05, 4.69) is 27.7 Å². The van der Waals surface area contributed by atoms with Crippen molar-refractivity contribution in [3.63, 3.8) is 0 Å². The van der Waals surface area contributed by atoms with Crippen molar-refractivity contribution in [1.82, 2.24) is 0 Å². The Kier molecular flexibility index (Phi) is 59.6. The Labute approximate surface area is 517 Å². The summed E-state index contributed by atoms with van der Waals surface area (Å²) in [5, 5.41) is 10.5. The molecular formula is C66H128O17P2. The SMILES string of the molecule is CCCCCCCCCCCCCCCCCCCCCCC(=O)O[C@H](COC(=O)CCCCCCCCCCC)COP(=O)(O)OC[C@@H](O)COP(=O)(O)OC[C@@H](COC(=O)CCCCCCCCC)OC(=O)CCCCCCCCCCC. The van der Waals surface area contributed by atoms with E-state index in [1.807, 2.05) is 0 Å². The number of unbranched alkanes of at least 4 members (excludes halogenated alkanes) is 41. The third-order valence-electron chi connectivity index (χ3n) is 15.4. The number of ether oxygens (including phenoxy) is 4. The molecule has 85 heavy (non-hydrogen) atoms. The van der Waals surface area contributed by atoms with Gasteiger partial charge in [-0.2, -0.15) is 0 Å². The van der Waals surface area contributed by atoms with Gasteiger partial charge in [-0.3, -0.25) is 37.3 Å². The van der Waals surface area contributed by atoms with Crippen molar-refractivity contribution in [3.8, 4) is 0 Å². The Morgan fingerprint density at radius 2 is 0.471 bits per heavy atom. The fraction of sp³-hybridized carbons (Fsp3) is 0.939. The molecule has 0 aromatic carbocycles. The monoisotopic (exact) mass is 1250 g/mol. The smallest absolute Gasteiger partial charge is 0.462 e.